The summed E-state index contributed by atoms with van der Waals surface area (Å²) in [6.07, 6.45) is 5.18. The lowest BCUT2D eigenvalue weighted by Gasteiger charge is -2.11. The lowest BCUT2D eigenvalue weighted by atomic mass is 9.94. The molecule has 7 nitrogen and oxygen atoms in total. The Labute approximate surface area is 149 Å². The second kappa shape index (κ2) is 6.21. The van der Waals surface area contributed by atoms with Crippen molar-refractivity contribution < 1.29 is 9.59 Å². The number of aromatic amines is 1. The molecule has 0 spiro atoms. The van der Waals surface area contributed by atoms with Gasteiger partial charge in [0.2, 0.25) is 0 Å². The van der Waals surface area contributed by atoms with Gasteiger partial charge < -0.3 is 21.4 Å². The molecular weight excluding hydrogens is 330 g/mol. The number of rotatable bonds is 3. The molecule has 4 rings (SSSR count). The van der Waals surface area contributed by atoms with Gasteiger partial charge >= 0.3 is 6.03 Å². The number of hydrogen-bond acceptors (Lipinski definition) is 3. The number of nitrogens with one attached hydrogen (secondary N) is 3. The number of urea groups is 1. The number of nitrogens with zero attached hydrogens (tertiary/aromatic N) is 1. The minimum absolute atomic E-state index is 0.218. The van der Waals surface area contributed by atoms with Crippen LogP contribution >= 0.6 is 0 Å². The molecule has 1 aromatic carbocycles. The van der Waals surface area contributed by atoms with Crippen molar-refractivity contribution in [1.29, 1.82) is 0 Å². The summed E-state index contributed by atoms with van der Waals surface area (Å²) in [4.78, 5) is 31.2. The summed E-state index contributed by atoms with van der Waals surface area (Å²) in [6.45, 7) is 0. The molecule has 0 saturated carbocycles. The van der Waals surface area contributed by atoms with E-state index in [2.05, 4.69) is 20.6 Å². The quantitative estimate of drug-likeness (QED) is 0.547. The number of H-pyrrole nitrogens is 1. The van der Waals surface area contributed by atoms with E-state index >= 15 is 0 Å². The van der Waals surface area contributed by atoms with E-state index < -0.39 is 6.03 Å². The van der Waals surface area contributed by atoms with Gasteiger partial charge in [-0.15, -0.1) is 0 Å². The summed E-state index contributed by atoms with van der Waals surface area (Å²) < 4.78 is 0. The van der Waals surface area contributed by atoms with E-state index in [1.807, 2.05) is 24.3 Å². The zero-order chi connectivity index (χ0) is 18.1. The zero-order valence-corrected chi connectivity index (χ0v) is 13.6. The molecule has 3 aromatic rings. The van der Waals surface area contributed by atoms with E-state index in [0.717, 1.165) is 16.8 Å². The molecule has 26 heavy (non-hydrogen) atoms. The number of benzene rings is 1. The van der Waals surface area contributed by atoms with Gasteiger partial charge in [-0.1, -0.05) is 6.07 Å². The van der Waals surface area contributed by atoms with Gasteiger partial charge in [-0.3, -0.25) is 9.78 Å². The molecule has 3 heterocycles. The Morgan fingerprint density at radius 3 is 2.73 bits per heavy atom. The molecule has 0 unspecified atom stereocenters. The molecule has 7 heteroatoms. The fraction of sp³-hybridized carbons (Fsp3) is 0. The highest BCUT2D eigenvalue weighted by Gasteiger charge is 2.29. The largest absolute Gasteiger partial charge is 0.361 e. The average molecular weight is 345 g/mol. The Hall–Kier alpha value is -3.87. The van der Waals surface area contributed by atoms with Crippen molar-refractivity contribution in [2.45, 2.75) is 0 Å². The first-order chi connectivity index (χ1) is 12.6. The highest BCUT2D eigenvalue weighted by Crippen LogP contribution is 2.40. The predicted molar refractivity (Wildman–Crippen MR) is 99.2 cm³/mol. The van der Waals surface area contributed by atoms with Crippen LogP contribution in [0.1, 0.15) is 16.8 Å². The van der Waals surface area contributed by atoms with Gasteiger partial charge in [0, 0.05) is 52.4 Å². The van der Waals surface area contributed by atoms with E-state index in [1.54, 1.807) is 36.8 Å². The van der Waals surface area contributed by atoms with Crippen molar-refractivity contribution in [2.24, 2.45) is 5.73 Å². The number of anilines is 2. The minimum atomic E-state index is -0.662. The molecule has 128 valence electrons. The van der Waals surface area contributed by atoms with Crippen LogP contribution in [-0.2, 0) is 4.79 Å². The first-order valence-corrected chi connectivity index (χ1v) is 7.94. The third-order valence-corrected chi connectivity index (χ3v) is 4.10. The van der Waals surface area contributed by atoms with Crippen LogP contribution in [0.4, 0.5) is 16.2 Å². The summed E-state index contributed by atoms with van der Waals surface area (Å²) in [5.41, 5.74) is 9.92. The number of nitrogens with two attached hydrogens (primary N) is 1. The molecule has 0 bridgehead atoms. The average Bonchev–Trinajstić information content (AvgIpc) is 3.25. The van der Waals surface area contributed by atoms with Gasteiger partial charge in [0.05, 0.1) is 5.57 Å². The Morgan fingerprint density at radius 1 is 1.15 bits per heavy atom. The fourth-order valence-electron chi connectivity index (χ4n) is 3.07. The number of carbonyl (C=O) groups excluding carboxylic acids is 2. The van der Waals surface area contributed by atoms with Crippen molar-refractivity contribution in [2.75, 3.05) is 10.6 Å². The first-order valence-electron chi connectivity index (χ1n) is 7.94. The van der Waals surface area contributed by atoms with E-state index in [-0.39, 0.29) is 5.91 Å². The number of hydrogen-bond donors (Lipinski definition) is 4. The lowest BCUT2D eigenvalue weighted by Crippen LogP contribution is -2.19. The van der Waals surface area contributed by atoms with Crippen molar-refractivity contribution in [3.63, 3.8) is 0 Å². The van der Waals surface area contributed by atoms with E-state index in [9.17, 15) is 9.59 Å². The number of amides is 3. The Morgan fingerprint density at radius 2 is 2.04 bits per heavy atom. The van der Waals surface area contributed by atoms with Crippen molar-refractivity contribution in [3.8, 4) is 0 Å². The highest BCUT2D eigenvalue weighted by molar-refractivity contribution is 6.38. The molecule has 1 aliphatic heterocycles. The predicted octanol–water partition coefficient (Wildman–Crippen LogP) is 2.81. The summed E-state index contributed by atoms with van der Waals surface area (Å²) in [6, 6.07) is 12.0. The van der Waals surface area contributed by atoms with Crippen molar-refractivity contribution >= 4 is 34.5 Å². The van der Waals surface area contributed by atoms with Crippen LogP contribution < -0.4 is 16.4 Å². The summed E-state index contributed by atoms with van der Waals surface area (Å²) in [5.74, 6) is -0.218. The zero-order valence-electron chi connectivity index (χ0n) is 13.6. The summed E-state index contributed by atoms with van der Waals surface area (Å²) in [7, 11) is 0. The SMILES string of the molecule is NC(=O)Nc1ccc2c(c1)/C(=C(/c1cccnc1)c1ccc[nH]1)C(=O)N2. The van der Waals surface area contributed by atoms with Gasteiger partial charge in [0.1, 0.15) is 0 Å². The smallest absolute Gasteiger partial charge is 0.316 e. The molecular formula is C19H15N5O2. The van der Waals surface area contributed by atoms with Crippen LogP contribution in [-0.4, -0.2) is 21.9 Å². The van der Waals surface area contributed by atoms with Crippen LogP contribution in [0.3, 0.4) is 0 Å². The molecule has 3 amide bonds. The van der Waals surface area contributed by atoms with Crippen LogP contribution in [0.2, 0.25) is 0 Å². The number of fused-ring (bicyclic) bond motifs is 1. The molecule has 0 atom stereocenters. The highest BCUT2D eigenvalue weighted by atomic mass is 16.2. The molecule has 5 N–H and O–H groups in total. The maximum Gasteiger partial charge on any atom is 0.316 e. The van der Waals surface area contributed by atoms with Crippen LogP contribution in [0.25, 0.3) is 11.1 Å². The van der Waals surface area contributed by atoms with Gasteiger partial charge in [-0.05, 0) is 36.4 Å². The maximum atomic E-state index is 12.8. The van der Waals surface area contributed by atoms with Gasteiger partial charge in [0.25, 0.3) is 5.91 Å². The summed E-state index contributed by atoms with van der Waals surface area (Å²) >= 11 is 0. The topological polar surface area (TPSA) is 113 Å². The van der Waals surface area contributed by atoms with Gasteiger partial charge in [-0.25, -0.2) is 4.79 Å². The molecule has 0 saturated heterocycles. The van der Waals surface area contributed by atoms with Crippen molar-refractivity contribution in [1.82, 2.24) is 9.97 Å². The van der Waals surface area contributed by atoms with Crippen LogP contribution in [0.15, 0.2) is 61.1 Å². The van der Waals surface area contributed by atoms with Gasteiger partial charge in [0.15, 0.2) is 0 Å². The van der Waals surface area contributed by atoms with Crippen LogP contribution in [0, 0.1) is 0 Å². The molecule has 2 aromatic heterocycles. The molecule has 1 aliphatic rings. The number of pyridine rings is 1. The second-order valence-corrected chi connectivity index (χ2v) is 5.78. The molecule has 0 aliphatic carbocycles. The second-order valence-electron chi connectivity index (χ2n) is 5.78. The van der Waals surface area contributed by atoms with E-state index in [0.29, 0.717) is 22.5 Å². The van der Waals surface area contributed by atoms with E-state index in [1.165, 1.54) is 0 Å². The Balaban J connectivity index is 1.97. The monoisotopic (exact) mass is 345 g/mol. The van der Waals surface area contributed by atoms with Gasteiger partial charge in [-0.2, -0.15) is 0 Å². The van der Waals surface area contributed by atoms with Crippen molar-refractivity contribution in [3.05, 3.63) is 77.9 Å². The Kier molecular flexibility index (Phi) is 3.74. The third-order valence-electron chi connectivity index (χ3n) is 4.10. The Bertz CT molecular complexity index is 1020. The van der Waals surface area contributed by atoms with E-state index in [4.69, 9.17) is 5.73 Å². The normalized spacial score (nSPS) is 14.5. The fourth-order valence-corrected chi connectivity index (χ4v) is 3.07. The number of carbonyl (C=O) groups is 2. The first kappa shape index (κ1) is 15.6. The lowest BCUT2D eigenvalue weighted by molar-refractivity contribution is -0.110. The number of primary amides is 1. The molecule has 0 radical (unpaired) electrons. The summed E-state index contributed by atoms with van der Waals surface area (Å²) in [5, 5.41) is 5.41. The maximum absolute atomic E-state index is 12.8. The van der Waals surface area contributed by atoms with Crippen LogP contribution in [0.5, 0.6) is 0 Å². The third kappa shape index (κ3) is 2.71. The molecule has 0 fully saturated rings. The standard InChI is InChI=1S/C19H15N5O2/c20-19(26)23-12-5-6-14-13(9-12)17(18(25)24-14)16(15-4-2-8-22-15)11-3-1-7-21-10-11/h1-10,22H,(H,24,25)(H3,20,23,26)/b17-16+. The minimum Gasteiger partial charge on any atom is -0.361 e. The number of aromatic nitrogens is 2.